The molecule has 100 valence electrons. The minimum Gasteiger partial charge on any atom is -0.480 e. The summed E-state index contributed by atoms with van der Waals surface area (Å²) in [7, 11) is 0. The van der Waals surface area contributed by atoms with E-state index in [0.717, 1.165) is 6.54 Å². The van der Waals surface area contributed by atoms with E-state index in [1.54, 1.807) is 0 Å². The van der Waals surface area contributed by atoms with E-state index in [1.165, 1.54) is 4.90 Å². The van der Waals surface area contributed by atoms with Crippen molar-refractivity contribution in [3.63, 3.8) is 0 Å². The van der Waals surface area contributed by atoms with Crippen molar-refractivity contribution in [2.45, 2.75) is 27.7 Å². The van der Waals surface area contributed by atoms with Crippen LogP contribution < -0.4 is 5.32 Å². The number of nitrogens with one attached hydrogen (secondary N) is 1. The number of carboxylic acid groups (broad SMARTS) is 1. The van der Waals surface area contributed by atoms with Gasteiger partial charge in [0.25, 0.3) is 0 Å². The van der Waals surface area contributed by atoms with Gasteiger partial charge in [0.05, 0.1) is 0 Å². The first-order valence-electron chi connectivity index (χ1n) is 6.09. The van der Waals surface area contributed by atoms with Gasteiger partial charge in [-0.15, -0.1) is 0 Å². The second kappa shape index (κ2) is 8.06. The summed E-state index contributed by atoms with van der Waals surface area (Å²) >= 11 is 0. The van der Waals surface area contributed by atoms with Crippen molar-refractivity contribution in [2.75, 3.05) is 26.2 Å². The Bertz CT molecular complexity index is 254. The van der Waals surface area contributed by atoms with E-state index in [2.05, 4.69) is 5.32 Å². The summed E-state index contributed by atoms with van der Waals surface area (Å²) in [5, 5.41) is 11.9. The monoisotopic (exact) mass is 244 g/mol. The van der Waals surface area contributed by atoms with Crippen molar-refractivity contribution in [3.8, 4) is 0 Å². The number of amides is 1. The molecule has 0 saturated carbocycles. The minimum absolute atomic E-state index is 0.0953. The first-order valence-corrected chi connectivity index (χ1v) is 6.09. The number of carbonyl (C=O) groups is 2. The largest absolute Gasteiger partial charge is 0.480 e. The van der Waals surface area contributed by atoms with Crippen LogP contribution in [0.1, 0.15) is 27.7 Å². The highest BCUT2D eigenvalue weighted by Gasteiger charge is 2.22. The van der Waals surface area contributed by atoms with Crippen molar-refractivity contribution >= 4 is 11.9 Å². The molecular weight excluding hydrogens is 220 g/mol. The van der Waals surface area contributed by atoms with E-state index in [4.69, 9.17) is 5.11 Å². The predicted octanol–water partition coefficient (Wildman–Crippen LogP) is 0.801. The lowest BCUT2D eigenvalue weighted by atomic mass is 10.1. The zero-order valence-electron chi connectivity index (χ0n) is 11.2. The first-order chi connectivity index (χ1) is 7.88. The van der Waals surface area contributed by atoms with Crippen LogP contribution >= 0.6 is 0 Å². The van der Waals surface area contributed by atoms with Gasteiger partial charge in [0.2, 0.25) is 5.91 Å². The highest BCUT2D eigenvalue weighted by Crippen LogP contribution is 2.05. The molecule has 0 spiro atoms. The lowest BCUT2D eigenvalue weighted by molar-refractivity contribution is -0.146. The number of carbonyl (C=O) groups excluding carboxylic acids is 1. The zero-order chi connectivity index (χ0) is 13.4. The second-order valence-corrected chi connectivity index (χ2v) is 4.72. The predicted molar refractivity (Wildman–Crippen MR) is 66.8 cm³/mol. The number of nitrogens with zero attached hydrogens (tertiary/aromatic N) is 1. The van der Waals surface area contributed by atoms with Crippen LogP contribution in [0.25, 0.3) is 0 Å². The fourth-order valence-electron chi connectivity index (χ4n) is 1.60. The quantitative estimate of drug-likeness (QED) is 0.662. The van der Waals surface area contributed by atoms with Gasteiger partial charge in [-0.1, -0.05) is 27.7 Å². The molecule has 0 fully saturated rings. The van der Waals surface area contributed by atoms with Gasteiger partial charge < -0.3 is 15.3 Å². The number of hydrogen-bond acceptors (Lipinski definition) is 3. The zero-order valence-corrected chi connectivity index (χ0v) is 11.2. The van der Waals surface area contributed by atoms with Gasteiger partial charge >= 0.3 is 5.97 Å². The summed E-state index contributed by atoms with van der Waals surface area (Å²) in [4.78, 5) is 24.2. The first kappa shape index (κ1) is 15.9. The molecule has 1 atom stereocenters. The summed E-state index contributed by atoms with van der Waals surface area (Å²) in [6.07, 6.45) is 0. The minimum atomic E-state index is -0.963. The van der Waals surface area contributed by atoms with Crippen LogP contribution in [0.15, 0.2) is 0 Å². The topological polar surface area (TPSA) is 69.6 Å². The van der Waals surface area contributed by atoms with Crippen molar-refractivity contribution in [1.82, 2.24) is 10.2 Å². The molecule has 0 heterocycles. The normalized spacial score (nSPS) is 12.5. The molecule has 1 unspecified atom stereocenters. The van der Waals surface area contributed by atoms with Gasteiger partial charge in [-0.3, -0.25) is 9.59 Å². The molecule has 0 aliphatic rings. The summed E-state index contributed by atoms with van der Waals surface area (Å²) < 4.78 is 0. The van der Waals surface area contributed by atoms with Crippen LogP contribution in [0.3, 0.4) is 0 Å². The van der Waals surface area contributed by atoms with Gasteiger partial charge in [0.15, 0.2) is 0 Å². The Morgan fingerprint density at radius 3 is 2.29 bits per heavy atom. The third-order valence-corrected chi connectivity index (χ3v) is 2.35. The van der Waals surface area contributed by atoms with E-state index < -0.39 is 5.97 Å². The fourth-order valence-corrected chi connectivity index (χ4v) is 1.60. The smallest absolute Gasteiger partial charge is 0.323 e. The van der Waals surface area contributed by atoms with E-state index in [0.29, 0.717) is 13.1 Å². The SMILES string of the molecule is CCNCC(C)C(=O)N(CC(=O)O)CC(C)C. The summed E-state index contributed by atoms with van der Waals surface area (Å²) in [6.45, 7) is 9.40. The highest BCUT2D eigenvalue weighted by molar-refractivity contribution is 5.83. The maximum absolute atomic E-state index is 12.0. The van der Waals surface area contributed by atoms with E-state index in [1.807, 2.05) is 27.7 Å². The van der Waals surface area contributed by atoms with E-state index in [-0.39, 0.29) is 24.3 Å². The van der Waals surface area contributed by atoms with E-state index in [9.17, 15) is 9.59 Å². The van der Waals surface area contributed by atoms with Gasteiger partial charge in [0.1, 0.15) is 6.54 Å². The van der Waals surface area contributed by atoms with Crippen molar-refractivity contribution < 1.29 is 14.7 Å². The Labute approximate surface area is 103 Å². The number of carboxylic acids is 1. The molecule has 0 rings (SSSR count). The number of aliphatic carboxylic acids is 1. The maximum Gasteiger partial charge on any atom is 0.323 e. The molecule has 0 aromatic heterocycles. The molecular formula is C12H24N2O3. The highest BCUT2D eigenvalue weighted by atomic mass is 16.4. The lowest BCUT2D eigenvalue weighted by Gasteiger charge is -2.26. The Kier molecular flexibility index (Phi) is 7.54. The molecule has 0 aromatic rings. The third-order valence-electron chi connectivity index (χ3n) is 2.35. The number of hydrogen-bond donors (Lipinski definition) is 2. The van der Waals surface area contributed by atoms with Crippen LogP contribution in [0.4, 0.5) is 0 Å². The van der Waals surface area contributed by atoms with Crippen LogP contribution in [0.5, 0.6) is 0 Å². The third kappa shape index (κ3) is 6.94. The van der Waals surface area contributed by atoms with Gasteiger partial charge in [0, 0.05) is 19.0 Å². The van der Waals surface area contributed by atoms with Crippen LogP contribution in [0.2, 0.25) is 0 Å². The summed E-state index contributed by atoms with van der Waals surface area (Å²) in [5.41, 5.74) is 0. The standard InChI is InChI=1S/C12H24N2O3/c1-5-13-6-10(4)12(17)14(7-9(2)3)8-11(15)16/h9-10,13H,5-8H2,1-4H3,(H,15,16). The van der Waals surface area contributed by atoms with Crippen LogP contribution in [-0.4, -0.2) is 48.1 Å². The molecule has 0 aliphatic carbocycles. The van der Waals surface area contributed by atoms with Gasteiger partial charge in [-0.05, 0) is 12.5 Å². The summed E-state index contributed by atoms with van der Waals surface area (Å²) in [6, 6.07) is 0. The Morgan fingerprint density at radius 2 is 1.88 bits per heavy atom. The Hall–Kier alpha value is -1.10. The molecule has 2 N–H and O–H groups in total. The maximum atomic E-state index is 12.0. The van der Waals surface area contributed by atoms with E-state index >= 15 is 0 Å². The Balaban J connectivity index is 4.44. The average Bonchev–Trinajstić information content (AvgIpc) is 2.22. The number of rotatable bonds is 8. The van der Waals surface area contributed by atoms with Crippen molar-refractivity contribution in [2.24, 2.45) is 11.8 Å². The van der Waals surface area contributed by atoms with Crippen LogP contribution in [-0.2, 0) is 9.59 Å². The average molecular weight is 244 g/mol. The molecule has 0 radical (unpaired) electrons. The molecule has 17 heavy (non-hydrogen) atoms. The molecule has 0 saturated heterocycles. The van der Waals surface area contributed by atoms with Crippen molar-refractivity contribution in [3.05, 3.63) is 0 Å². The molecule has 1 amide bonds. The summed E-state index contributed by atoms with van der Waals surface area (Å²) in [5.74, 6) is -0.977. The Morgan fingerprint density at radius 1 is 1.29 bits per heavy atom. The fraction of sp³-hybridized carbons (Fsp3) is 0.833. The lowest BCUT2D eigenvalue weighted by Crippen LogP contribution is -2.43. The molecule has 0 aliphatic heterocycles. The van der Waals surface area contributed by atoms with Gasteiger partial charge in [-0.2, -0.15) is 0 Å². The van der Waals surface area contributed by atoms with Crippen LogP contribution in [0, 0.1) is 11.8 Å². The molecule has 0 bridgehead atoms. The molecule has 5 heteroatoms. The molecule has 0 aromatic carbocycles. The van der Waals surface area contributed by atoms with Gasteiger partial charge in [-0.25, -0.2) is 0 Å². The van der Waals surface area contributed by atoms with Crippen molar-refractivity contribution in [1.29, 1.82) is 0 Å². The second-order valence-electron chi connectivity index (χ2n) is 4.72. The molecule has 5 nitrogen and oxygen atoms in total.